The van der Waals surface area contributed by atoms with Crippen LogP contribution < -0.4 is 0 Å². The van der Waals surface area contributed by atoms with Crippen molar-refractivity contribution < 1.29 is 0 Å². The first-order valence-electron chi connectivity index (χ1n) is 8.11. The van der Waals surface area contributed by atoms with Gasteiger partial charge in [0.2, 0.25) is 0 Å². The van der Waals surface area contributed by atoms with Crippen LogP contribution >= 0.6 is 11.8 Å². The Morgan fingerprint density at radius 3 is 2.61 bits per heavy atom. The molecular weight excluding hydrogens is 302 g/mol. The molecule has 1 aliphatic carbocycles. The zero-order chi connectivity index (χ0) is 15.9. The van der Waals surface area contributed by atoms with Crippen LogP contribution in [0.25, 0.3) is 10.8 Å². The van der Waals surface area contributed by atoms with Crippen LogP contribution in [0, 0.1) is 11.3 Å². The molecule has 1 saturated heterocycles. The number of rotatable bonds is 1. The SMILES string of the molecule is CN1C(=Nc2ccc(C#N)c3ccccc23)SCC12CCCC2. The van der Waals surface area contributed by atoms with E-state index >= 15 is 0 Å². The van der Waals surface area contributed by atoms with Gasteiger partial charge in [-0.3, -0.25) is 0 Å². The minimum absolute atomic E-state index is 0.325. The Balaban J connectivity index is 1.78. The van der Waals surface area contributed by atoms with E-state index in [1.807, 2.05) is 42.1 Å². The van der Waals surface area contributed by atoms with Crippen molar-refractivity contribution in [2.24, 2.45) is 4.99 Å². The summed E-state index contributed by atoms with van der Waals surface area (Å²) in [6.07, 6.45) is 5.23. The minimum Gasteiger partial charge on any atom is -0.348 e. The fraction of sp³-hybridized carbons (Fsp3) is 0.368. The summed E-state index contributed by atoms with van der Waals surface area (Å²) >= 11 is 1.87. The standard InChI is InChI=1S/C19H19N3S/c1-22-18(23-13-19(22)10-4-5-11-19)21-17-9-8-14(12-20)15-6-2-3-7-16(15)17/h2-3,6-9H,4-5,10-11,13H2,1H3. The summed E-state index contributed by atoms with van der Waals surface area (Å²) < 4.78 is 0. The van der Waals surface area contributed by atoms with Crippen molar-refractivity contribution in [2.75, 3.05) is 12.8 Å². The summed E-state index contributed by atoms with van der Waals surface area (Å²) in [4.78, 5) is 7.36. The number of hydrogen-bond acceptors (Lipinski definition) is 3. The van der Waals surface area contributed by atoms with Gasteiger partial charge in [0.05, 0.1) is 22.9 Å². The van der Waals surface area contributed by atoms with E-state index < -0.39 is 0 Å². The van der Waals surface area contributed by atoms with E-state index in [1.165, 1.54) is 25.7 Å². The summed E-state index contributed by atoms with van der Waals surface area (Å²) in [5.74, 6) is 1.15. The molecule has 23 heavy (non-hydrogen) atoms. The highest BCUT2D eigenvalue weighted by Gasteiger charge is 2.44. The Hall–Kier alpha value is -1.99. The number of thioether (sulfide) groups is 1. The number of nitrogens with zero attached hydrogens (tertiary/aromatic N) is 3. The van der Waals surface area contributed by atoms with E-state index in [4.69, 9.17) is 4.99 Å². The van der Waals surface area contributed by atoms with Crippen LogP contribution in [0.3, 0.4) is 0 Å². The topological polar surface area (TPSA) is 39.4 Å². The van der Waals surface area contributed by atoms with Gasteiger partial charge < -0.3 is 4.90 Å². The predicted octanol–water partition coefficient (Wildman–Crippen LogP) is 4.69. The molecule has 4 heteroatoms. The highest BCUT2D eigenvalue weighted by Crippen LogP contribution is 2.44. The van der Waals surface area contributed by atoms with Gasteiger partial charge >= 0.3 is 0 Å². The van der Waals surface area contributed by atoms with Crippen LogP contribution in [0.5, 0.6) is 0 Å². The third kappa shape index (κ3) is 2.31. The van der Waals surface area contributed by atoms with Gasteiger partial charge in [-0.2, -0.15) is 5.26 Å². The third-order valence-corrected chi connectivity index (χ3v) is 6.55. The van der Waals surface area contributed by atoms with Gasteiger partial charge in [0.1, 0.15) is 0 Å². The molecule has 0 amide bonds. The summed E-state index contributed by atoms with van der Waals surface area (Å²) in [5, 5.41) is 12.4. The molecule has 0 radical (unpaired) electrons. The predicted molar refractivity (Wildman–Crippen MR) is 97.2 cm³/mol. The number of amidine groups is 1. The van der Waals surface area contributed by atoms with Crippen LogP contribution in [0.15, 0.2) is 41.4 Å². The molecule has 2 aromatic carbocycles. The highest BCUT2D eigenvalue weighted by atomic mass is 32.2. The maximum absolute atomic E-state index is 9.29. The van der Waals surface area contributed by atoms with E-state index in [0.29, 0.717) is 11.1 Å². The Kier molecular flexibility index (Phi) is 3.54. The maximum Gasteiger partial charge on any atom is 0.164 e. The van der Waals surface area contributed by atoms with Crippen LogP contribution in [0.1, 0.15) is 31.2 Å². The Labute approximate surface area is 141 Å². The van der Waals surface area contributed by atoms with Gasteiger partial charge in [-0.1, -0.05) is 48.9 Å². The molecule has 0 N–H and O–H groups in total. The average Bonchev–Trinajstić information content (AvgIpc) is 3.18. The summed E-state index contributed by atoms with van der Waals surface area (Å²) in [6, 6.07) is 14.2. The number of aliphatic imine (C=N–C) groups is 1. The first-order valence-corrected chi connectivity index (χ1v) is 9.09. The van der Waals surface area contributed by atoms with E-state index in [-0.39, 0.29) is 0 Å². The molecule has 3 nitrogen and oxygen atoms in total. The van der Waals surface area contributed by atoms with Gasteiger partial charge in [0, 0.05) is 23.6 Å². The molecule has 0 aromatic heterocycles. The number of fused-ring (bicyclic) bond motifs is 1. The highest BCUT2D eigenvalue weighted by molar-refractivity contribution is 8.14. The summed E-state index contributed by atoms with van der Waals surface area (Å²) in [5.41, 5.74) is 2.00. The van der Waals surface area contributed by atoms with E-state index in [0.717, 1.165) is 27.4 Å². The average molecular weight is 321 g/mol. The molecule has 1 spiro atoms. The Morgan fingerprint density at radius 2 is 1.87 bits per heavy atom. The number of hydrogen-bond donors (Lipinski definition) is 0. The lowest BCUT2D eigenvalue weighted by molar-refractivity contribution is 0.256. The van der Waals surface area contributed by atoms with Crippen LogP contribution in [0.4, 0.5) is 5.69 Å². The number of benzene rings is 2. The van der Waals surface area contributed by atoms with Gasteiger partial charge in [-0.25, -0.2) is 4.99 Å². The van der Waals surface area contributed by atoms with Crippen LogP contribution in [0.2, 0.25) is 0 Å². The lowest BCUT2D eigenvalue weighted by Crippen LogP contribution is -2.42. The van der Waals surface area contributed by atoms with Crippen molar-refractivity contribution in [2.45, 2.75) is 31.2 Å². The molecule has 4 rings (SSSR count). The zero-order valence-corrected chi connectivity index (χ0v) is 14.1. The quantitative estimate of drug-likeness (QED) is 0.765. The first kappa shape index (κ1) is 14.6. The van der Waals surface area contributed by atoms with Gasteiger partial charge in [0.15, 0.2) is 5.17 Å². The summed E-state index contributed by atoms with van der Waals surface area (Å²) in [7, 11) is 2.19. The largest absolute Gasteiger partial charge is 0.348 e. The van der Waals surface area contributed by atoms with Gasteiger partial charge in [0.25, 0.3) is 0 Å². The molecule has 116 valence electrons. The maximum atomic E-state index is 9.29. The molecule has 2 aliphatic rings. The third-order valence-electron chi connectivity index (χ3n) is 5.24. The molecule has 0 bridgehead atoms. The molecule has 1 saturated carbocycles. The molecule has 0 unspecified atom stereocenters. The number of nitriles is 1. The van der Waals surface area contributed by atoms with Gasteiger partial charge in [-0.05, 0) is 25.0 Å². The van der Waals surface area contributed by atoms with Crippen LogP contribution in [-0.2, 0) is 0 Å². The van der Waals surface area contributed by atoms with Crippen molar-refractivity contribution in [1.82, 2.24) is 4.90 Å². The van der Waals surface area contributed by atoms with E-state index in [1.54, 1.807) is 0 Å². The first-order chi connectivity index (χ1) is 11.2. The lowest BCUT2D eigenvalue weighted by atomic mass is 9.99. The van der Waals surface area contributed by atoms with Gasteiger partial charge in [-0.15, -0.1) is 0 Å². The van der Waals surface area contributed by atoms with Crippen molar-refractivity contribution in [3.8, 4) is 6.07 Å². The van der Waals surface area contributed by atoms with Crippen LogP contribution in [-0.4, -0.2) is 28.4 Å². The Bertz CT molecular complexity index is 828. The second kappa shape index (κ2) is 5.58. The smallest absolute Gasteiger partial charge is 0.164 e. The molecule has 2 fully saturated rings. The van der Waals surface area contributed by atoms with Crippen molar-refractivity contribution in [3.05, 3.63) is 42.0 Å². The molecule has 1 aliphatic heterocycles. The second-order valence-corrected chi connectivity index (χ2v) is 7.41. The molecule has 0 atom stereocenters. The zero-order valence-electron chi connectivity index (χ0n) is 13.2. The Morgan fingerprint density at radius 1 is 1.13 bits per heavy atom. The summed E-state index contributed by atoms with van der Waals surface area (Å²) in [6.45, 7) is 0. The molecular formula is C19H19N3S. The van der Waals surface area contributed by atoms with Crippen molar-refractivity contribution in [3.63, 3.8) is 0 Å². The van der Waals surface area contributed by atoms with Crippen molar-refractivity contribution >= 4 is 33.4 Å². The minimum atomic E-state index is 0.325. The fourth-order valence-corrected chi connectivity index (χ4v) is 5.23. The second-order valence-electron chi connectivity index (χ2n) is 6.46. The van der Waals surface area contributed by atoms with E-state index in [2.05, 4.69) is 24.1 Å². The van der Waals surface area contributed by atoms with Crippen molar-refractivity contribution in [1.29, 1.82) is 5.26 Å². The van der Waals surface area contributed by atoms with E-state index in [9.17, 15) is 5.26 Å². The fourth-order valence-electron chi connectivity index (χ4n) is 3.80. The monoisotopic (exact) mass is 321 g/mol. The normalized spacial score (nSPS) is 21.4. The molecule has 2 aromatic rings. The lowest BCUT2D eigenvalue weighted by Gasteiger charge is -2.32. The molecule has 1 heterocycles.